The smallest absolute Gasteiger partial charge is 0.407 e. The van der Waals surface area contributed by atoms with Crippen LogP contribution in [0.5, 0.6) is 0 Å². The van der Waals surface area contributed by atoms with Gasteiger partial charge in [0.25, 0.3) is 0 Å². The number of amides is 1. The van der Waals surface area contributed by atoms with Crippen molar-refractivity contribution in [2.24, 2.45) is 12.2 Å². The first kappa shape index (κ1) is 25.2. The maximum Gasteiger partial charge on any atom is 0.407 e. The SMILES string of the molecule is C=CCOC(=O)N[C@@](C)(CO)CCc1ccc(C(C)=NOCCCc2ccccc2)n1C. The molecule has 7 heteroatoms. The van der Waals surface area contributed by atoms with E-state index in [1.54, 1.807) is 6.92 Å². The molecule has 1 amide bonds. The number of ether oxygens (including phenoxy) is 1. The summed E-state index contributed by atoms with van der Waals surface area (Å²) in [5, 5.41) is 16.8. The second kappa shape index (κ2) is 12.7. The zero-order valence-corrected chi connectivity index (χ0v) is 19.3. The van der Waals surface area contributed by atoms with Gasteiger partial charge in [-0.15, -0.1) is 0 Å². The number of aryl methyl sites for hydroxylation is 2. The third-order valence-electron chi connectivity index (χ3n) is 5.36. The molecule has 0 bridgehead atoms. The third-order valence-corrected chi connectivity index (χ3v) is 5.36. The van der Waals surface area contributed by atoms with Gasteiger partial charge in [0.05, 0.1) is 17.8 Å². The van der Waals surface area contributed by atoms with Gasteiger partial charge in [0.2, 0.25) is 0 Å². The molecule has 0 aliphatic rings. The van der Waals surface area contributed by atoms with E-state index < -0.39 is 11.6 Å². The van der Waals surface area contributed by atoms with Crippen LogP contribution >= 0.6 is 0 Å². The molecule has 32 heavy (non-hydrogen) atoms. The van der Waals surface area contributed by atoms with Crippen molar-refractivity contribution >= 4 is 11.8 Å². The number of carbonyl (C=O) groups excluding carboxylic acids is 1. The standard InChI is InChI=1S/C25H35N3O4/c1-5-17-31-24(30)26-25(3,19-29)16-15-22-13-14-23(28(22)4)20(2)27-32-18-9-12-21-10-7-6-8-11-21/h5-8,10-11,13-14,29H,1,9,12,15-19H2,2-4H3,(H,26,30)/t25-/m1/s1. The van der Waals surface area contributed by atoms with Crippen LogP contribution in [0.2, 0.25) is 0 Å². The highest BCUT2D eigenvalue weighted by molar-refractivity contribution is 5.97. The molecule has 1 aromatic heterocycles. The number of aliphatic hydroxyl groups is 1. The van der Waals surface area contributed by atoms with E-state index >= 15 is 0 Å². The molecule has 2 aromatic rings. The lowest BCUT2D eigenvalue weighted by atomic mass is 9.96. The maximum absolute atomic E-state index is 11.8. The lowest BCUT2D eigenvalue weighted by Gasteiger charge is -2.28. The summed E-state index contributed by atoms with van der Waals surface area (Å²) in [6.45, 7) is 7.73. The van der Waals surface area contributed by atoms with Crippen LogP contribution in [0, 0.1) is 0 Å². The van der Waals surface area contributed by atoms with E-state index in [-0.39, 0.29) is 13.2 Å². The molecule has 0 spiro atoms. The molecule has 0 unspecified atom stereocenters. The fourth-order valence-corrected chi connectivity index (χ4v) is 3.34. The average Bonchev–Trinajstić information content (AvgIpc) is 3.17. The monoisotopic (exact) mass is 441 g/mol. The highest BCUT2D eigenvalue weighted by atomic mass is 16.6. The Morgan fingerprint density at radius 3 is 2.69 bits per heavy atom. The molecule has 2 rings (SSSR count). The van der Waals surface area contributed by atoms with Gasteiger partial charge in [0, 0.05) is 12.7 Å². The van der Waals surface area contributed by atoms with Crippen LogP contribution < -0.4 is 5.32 Å². The molecule has 0 saturated carbocycles. The first-order valence-electron chi connectivity index (χ1n) is 10.9. The Morgan fingerprint density at radius 2 is 2.00 bits per heavy atom. The Morgan fingerprint density at radius 1 is 1.25 bits per heavy atom. The molecule has 7 nitrogen and oxygen atoms in total. The highest BCUT2D eigenvalue weighted by Gasteiger charge is 2.26. The number of aromatic nitrogens is 1. The normalized spacial score (nSPS) is 13.3. The summed E-state index contributed by atoms with van der Waals surface area (Å²) < 4.78 is 7.02. The third kappa shape index (κ3) is 7.89. The second-order valence-corrected chi connectivity index (χ2v) is 8.10. The van der Waals surface area contributed by atoms with Crippen LogP contribution in [-0.4, -0.2) is 46.8 Å². The molecule has 1 heterocycles. The van der Waals surface area contributed by atoms with Crippen molar-refractivity contribution in [1.29, 1.82) is 0 Å². The number of oxime groups is 1. The number of hydrogen-bond acceptors (Lipinski definition) is 5. The Balaban J connectivity index is 1.86. The van der Waals surface area contributed by atoms with Crippen molar-refractivity contribution in [1.82, 2.24) is 9.88 Å². The van der Waals surface area contributed by atoms with E-state index in [1.165, 1.54) is 11.6 Å². The fourth-order valence-electron chi connectivity index (χ4n) is 3.34. The van der Waals surface area contributed by atoms with Crippen molar-refractivity contribution < 1.29 is 19.5 Å². The fraction of sp³-hybridized carbons (Fsp3) is 0.440. The maximum atomic E-state index is 11.8. The molecule has 1 aromatic carbocycles. The minimum atomic E-state index is -0.784. The van der Waals surface area contributed by atoms with E-state index in [9.17, 15) is 9.90 Å². The van der Waals surface area contributed by atoms with Crippen LogP contribution in [-0.2, 0) is 29.5 Å². The van der Waals surface area contributed by atoms with E-state index in [0.29, 0.717) is 19.4 Å². The van der Waals surface area contributed by atoms with Gasteiger partial charge in [-0.05, 0) is 57.2 Å². The molecule has 0 radical (unpaired) electrons. The van der Waals surface area contributed by atoms with Gasteiger partial charge < -0.3 is 24.6 Å². The van der Waals surface area contributed by atoms with Crippen LogP contribution in [0.3, 0.4) is 0 Å². The minimum absolute atomic E-state index is 0.126. The van der Waals surface area contributed by atoms with Gasteiger partial charge in [-0.25, -0.2) is 4.79 Å². The number of carbonyl (C=O) groups is 1. The van der Waals surface area contributed by atoms with E-state index in [0.717, 1.165) is 29.9 Å². The number of alkyl carbamates (subject to hydrolysis) is 1. The topological polar surface area (TPSA) is 85.1 Å². The lowest BCUT2D eigenvalue weighted by molar-refractivity contribution is 0.120. The summed E-state index contributed by atoms with van der Waals surface area (Å²) in [6.07, 6.45) is 4.01. The number of nitrogens with one attached hydrogen (secondary N) is 1. The van der Waals surface area contributed by atoms with Crippen molar-refractivity contribution in [3.8, 4) is 0 Å². The van der Waals surface area contributed by atoms with Crippen molar-refractivity contribution in [3.05, 3.63) is 72.1 Å². The zero-order chi connectivity index (χ0) is 23.4. The van der Waals surface area contributed by atoms with E-state index in [1.807, 2.05) is 44.3 Å². The van der Waals surface area contributed by atoms with Gasteiger partial charge >= 0.3 is 6.09 Å². The van der Waals surface area contributed by atoms with Crippen molar-refractivity contribution in [2.75, 3.05) is 19.8 Å². The highest BCUT2D eigenvalue weighted by Crippen LogP contribution is 2.17. The molecular weight excluding hydrogens is 406 g/mol. The lowest BCUT2D eigenvalue weighted by Crippen LogP contribution is -2.49. The first-order valence-corrected chi connectivity index (χ1v) is 10.9. The van der Waals surface area contributed by atoms with Crippen LogP contribution in [0.25, 0.3) is 0 Å². The molecule has 0 fully saturated rings. The van der Waals surface area contributed by atoms with Gasteiger partial charge in [-0.3, -0.25) is 0 Å². The second-order valence-electron chi connectivity index (χ2n) is 8.10. The van der Waals surface area contributed by atoms with Crippen LogP contribution in [0.1, 0.15) is 43.6 Å². The van der Waals surface area contributed by atoms with Gasteiger partial charge in [-0.1, -0.05) is 48.1 Å². The van der Waals surface area contributed by atoms with Gasteiger partial charge in [-0.2, -0.15) is 0 Å². The minimum Gasteiger partial charge on any atom is -0.445 e. The number of hydrogen-bond donors (Lipinski definition) is 2. The van der Waals surface area contributed by atoms with E-state index in [2.05, 4.69) is 33.8 Å². The zero-order valence-electron chi connectivity index (χ0n) is 19.3. The Kier molecular flexibility index (Phi) is 10.0. The van der Waals surface area contributed by atoms with Crippen LogP contribution in [0.4, 0.5) is 4.79 Å². The Hall–Kier alpha value is -3.06. The summed E-state index contributed by atoms with van der Waals surface area (Å²) in [6, 6.07) is 14.4. The predicted molar refractivity (Wildman–Crippen MR) is 127 cm³/mol. The molecule has 1 atom stereocenters. The quantitative estimate of drug-likeness (QED) is 0.213. The number of aliphatic hydroxyl groups excluding tert-OH is 1. The van der Waals surface area contributed by atoms with E-state index in [4.69, 9.17) is 9.57 Å². The summed E-state index contributed by atoms with van der Waals surface area (Å²) >= 11 is 0. The summed E-state index contributed by atoms with van der Waals surface area (Å²) in [4.78, 5) is 17.4. The molecule has 0 aliphatic carbocycles. The first-order chi connectivity index (χ1) is 15.4. The molecule has 2 N–H and O–H groups in total. The largest absolute Gasteiger partial charge is 0.445 e. The number of nitrogens with zero attached hydrogens (tertiary/aromatic N) is 2. The molecule has 0 saturated heterocycles. The molecular formula is C25H35N3O4. The van der Waals surface area contributed by atoms with Crippen LogP contribution in [0.15, 0.2) is 60.3 Å². The molecule has 174 valence electrons. The predicted octanol–water partition coefficient (Wildman–Crippen LogP) is 3.99. The Bertz CT molecular complexity index is 892. The Labute approximate surface area is 190 Å². The number of benzene rings is 1. The summed E-state index contributed by atoms with van der Waals surface area (Å²) in [7, 11) is 1.97. The van der Waals surface area contributed by atoms with Gasteiger partial charge in [0.1, 0.15) is 18.9 Å². The average molecular weight is 442 g/mol. The number of rotatable bonds is 13. The molecule has 0 aliphatic heterocycles. The summed E-state index contributed by atoms with van der Waals surface area (Å²) in [5.74, 6) is 0. The van der Waals surface area contributed by atoms with Gasteiger partial charge in [0.15, 0.2) is 0 Å². The summed E-state index contributed by atoms with van der Waals surface area (Å²) in [5.41, 5.74) is 3.34. The van der Waals surface area contributed by atoms with Crippen molar-refractivity contribution in [2.45, 2.75) is 45.1 Å². The van der Waals surface area contributed by atoms with Crippen molar-refractivity contribution in [3.63, 3.8) is 0 Å².